The fourth-order valence-electron chi connectivity index (χ4n) is 3.87. The van der Waals surface area contributed by atoms with Crippen LogP contribution in [0.5, 0.6) is 0 Å². The molecule has 152 valence electrons. The van der Waals surface area contributed by atoms with Crippen molar-refractivity contribution in [3.8, 4) is 0 Å². The molecule has 6 nitrogen and oxygen atoms in total. The third kappa shape index (κ3) is 5.67. The lowest BCUT2D eigenvalue weighted by molar-refractivity contribution is -0.0828. The van der Waals surface area contributed by atoms with Crippen molar-refractivity contribution in [2.24, 2.45) is 4.99 Å². The summed E-state index contributed by atoms with van der Waals surface area (Å²) >= 11 is 1.85. The number of thiophene rings is 1. The molecule has 3 heterocycles. The van der Waals surface area contributed by atoms with Gasteiger partial charge in [0.15, 0.2) is 5.96 Å². The first kappa shape index (κ1) is 20.6. The third-order valence-corrected chi connectivity index (χ3v) is 6.60. The van der Waals surface area contributed by atoms with Gasteiger partial charge in [0.25, 0.3) is 0 Å². The maximum absolute atomic E-state index is 5.82. The van der Waals surface area contributed by atoms with Gasteiger partial charge < -0.3 is 20.1 Å². The second-order valence-electron chi connectivity index (χ2n) is 7.35. The van der Waals surface area contributed by atoms with Crippen LogP contribution in [-0.2, 0) is 9.47 Å². The predicted molar refractivity (Wildman–Crippen MR) is 112 cm³/mol. The Hall–Kier alpha value is -1.15. The molecule has 2 aliphatic heterocycles. The van der Waals surface area contributed by atoms with Gasteiger partial charge in [-0.05, 0) is 44.3 Å². The smallest absolute Gasteiger partial charge is 0.191 e. The topological polar surface area (TPSA) is 58.1 Å². The molecule has 0 aliphatic carbocycles. The molecule has 1 aromatic rings. The number of rotatable bonds is 8. The van der Waals surface area contributed by atoms with Crippen molar-refractivity contribution in [3.63, 3.8) is 0 Å². The number of hydrogen-bond acceptors (Lipinski definition) is 5. The molecule has 1 aromatic heterocycles. The van der Waals surface area contributed by atoms with Crippen LogP contribution in [0.3, 0.4) is 0 Å². The van der Waals surface area contributed by atoms with Gasteiger partial charge in [0.05, 0.1) is 18.2 Å². The fourth-order valence-corrected chi connectivity index (χ4v) is 4.73. The largest absolute Gasteiger partial charge is 0.381 e. The number of likely N-dealkylation sites (tertiary alicyclic amines) is 1. The van der Waals surface area contributed by atoms with Crippen LogP contribution in [0.2, 0.25) is 0 Å². The minimum absolute atomic E-state index is 0.192. The Kier molecular flexibility index (Phi) is 7.93. The van der Waals surface area contributed by atoms with E-state index < -0.39 is 0 Å². The number of guanidine groups is 1. The highest BCUT2D eigenvalue weighted by Crippen LogP contribution is 2.28. The van der Waals surface area contributed by atoms with Crippen LogP contribution in [0.4, 0.5) is 0 Å². The zero-order chi connectivity index (χ0) is 19.0. The fraction of sp³-hybridized carbons (Fsp3) is 0.750. The van der Waals surface area contributed by atoms with E-state index in [1.54, 1.807) is 7.11 Å². The van der Waals surface area contributed by atoms with Crippen LogP contribution in [0.15, 0.2) is 22.5 Å². The van der Waals surface area contributed by atoms with E-state index in [9.17, 15) is 0 Å². The molecule has 1 unspecified atom stereocenters. The van der Waals surface area contributed by atoms with E-state index in [-0.39, 0.29) is 5.60 Å². The highest BCUT2D eigenvalue weighted by Gasteiger charge is 2.32. The van der Waals surface area contributed by atoms with E-state index in [0.717, 1.165) is 45.1 Å². The average molecular weight is 395 g/mol. The molecule has 3 rings (SSSR count). The Bertz CT molecular complexity index is 567. The number of aliphatic imine (C=N–C) groups is 1. The van der Waals surface area contributed by atoms with Gasteiger partial charge in [-0.15, -0.1) is 11.3 Å². The third-order valence-electron chi connectivity index (χ3n) is 5.62. The number of methoxy groups -OCH3 is 1. The molecule has 0 saturated carbocycles. The normalized spacial score (nSPS) is 21.9. The first-order valence-electron chi connectivity index (χ1n) is 10.2. The second kappa shape index (κ2) is 10.4. The van der Waals surface area contributed by atoms with Gasteiger partial charge >= 0.3 is 0 Å². The van der Waals surface area contributed by atoms with Crippen molar-refractivity contribution >= 4 is 17.3 Å². The highest BCUT2D eigenvalue weighted by atomic mass is 32.1. The first-order chi connectivity index (χ1) is 13.3. The Balaban J connectivity index is 1.63. The van der Waals surface area contributed by atoms with Gasteiger partial charge in [0.1, 0.15) is 0 Å². The van der Waals surface area contributed by atoms with Crippen LogP contribution in [0, 0.1) is 0 Å². The number of ether oxygens (including phenoxy) is 2. The predicted octanol–water partition coefficient (Wildman–Crippen LogP) is 2.64. The Morgan fingerprint density at radius 2 is 2.11 bits per heavy atom. The molecule has 0 amide bonds. The number of nitrogens with zero attached hydrogens (tertiary/aromatic N) is 2. The summed E-state index contributed by atoms with van der Waals surface area (Å²) in [5.41, 5.74) is -0.192. The maximum atomic E-state index is 5.82. The number of hydrogen-bond donors (Lipinski definition) is 2. The summed E-state index contributed by atoms with van der Waals surface area (Å²) in [6.45, 7) is 8.36. The first-order valence-corrected chi connectivity index (χ1v) is 11.1. The van der Waals surface area contributed by atoms with Crippen LogP contribution in [0.1, 0.15) is 43.5 Å². The summed E-state index contributed by atoms with van der Waals surface area (Å²) in [5.74, 6) is 0.876. The van der Waals surface area contributed by atoms with E-state index in [0.29, 0.717) is 12.6 Å². The van der Waals surface area contributed by atoms with Gasteiger partial charge in [-0.3, -0.25) is 9.89 Å². The van der Waals surface area contributed by atoms with E-state index in [4.69, 9.17) is 14.5 Å². The van der Waals surface area contributed by atoms with E-state index in [1.807, 2.05) is 11.3 Å². The monoisotopic (exact) mass is 394 g/mol. The van der Waals surface area contributed by atoms with Crippen LogP contribution in [-0.4, -0.2) is 69.5 Å². The maximum Gasteiger partial charge on any atom is 0.191 e. The second-order valence-corrected chi connectivity index (χ2v) is 8.33. The van der Waals surface area contributed by atoms with E-state index in [1.165, 1.54) is 30.8 Å². The lowest BCUT2D eigenvalue weighted by Gasteiger charge is -2.34. The lowest BCUT2D eigenvalue weighted by Crippen LogP contribution is -2.45. The van der Waals surface area contributed by atoms with Gasteiger partial charge in [0, 0.05) is 51.1 Å². The molecule has 0 bridgehead atoms. The molecule has 27 heavy (non-hydrogen) atoms. The van der Waals surface area contributed by atoms with Crippen molar-refractivity contribution in [2.45, 2.75) is 44.2 Å². The highest BCUT2D eigenvalue weighted by molar-refractivity contribution is 7.10. The molecular weight excluding hydrogens is 360 g/mol. The van der Waals surface area contributed by atoms with Gasteiger partial charge in [-0.25, -0.2) is 0 Å². The van der Waals surface area contributed by atoms with Crippen molar-refractivity contribution < 1.29 is 9.47 Å². The van der Waals surface area contributed by atoms with E-state index in [2.05, 4.69) is 40.0 Å². The molecule has 2 fully saturated rings. The molecule has 0 aromatic carbocycles. The van der Waals surface area contributed by atoms with Crippen LogP contribution < -0.4 is 10.6 Å². The van der Waals surface area contributed by atoms with Crippen molar-refractivity contribution in [3.05, 3.63) is 22.4 Å². The quantitative estimate of drug-likeness (QED) is 0.524. The summed E-state index contributed by atoms with van der Waals surface area (Å²) in [6, 6.07) is 4.81. The molecular formula is C20H34N4O2S. The number of nitrogens with one attached hydrogen (secondary N) is 2. The molecule has 0 spiro atoms. The minimum Gasteiger partial charge on any atom is -0.381 e. The summed E-state index contributed by atoms with van der Waals surface area (Å²) in [4.78, 5) is 8.88. The van der Waals surface area contributed by atoms with Crippen LogP contribution in [0.25, 0.3) is 0 Å². The van der Waals surface area contributed by atoms with Crippen molar-refractivity contribution in [2.75, 3.05) is 53.0 Å². The zero-order valence-corrected chi connectivity index (χ0v) is 17.5. The minimum atomic E-state index is -0.192. The Morgan fingerprint density at radius 1 is 1.33 bits per heavy atom. The molecule has 2 N–H and O–H groups in total. The summed E-state index contributed by atoms with van der Waals surface area (Å²) in [7, 11) is 1.79. The summed E-state index contributed by atoms with van der Waals surface area (Å²) in [5, 5.41) is 9.15. The van der Waals surface area contributed by atoms with Crippen molar-refractivity contribution in [1.29, 1.82) is 0 Å². The summed E-state index contributed by atoms with van der Waals surface area (Å²) in [6.07, 6.45) is 4.40. The molecule has 2 saturated heterocycles. The zero-order valence-electron chi connectivity index (χ0n) is 16.7. The molecule has 0 radical (unpaired) electrons. The SMILES string of the molecule is CCNC(=NCC1(OC)CCOCC1)NCC(c1cccs1)N1CCCC1. The molecule has 2 aliphatic rings. The standard InChI is InChI=1S/C20H34N4O2S/c1-3-21-19(23-16-20(25-2)8-12-26-13-9-20)22-15-17(18-7-6-14-27-18)24-10-4-5-11-24/h6-7,14,17H,3-5,8-13,15-16H2,1-2H3,(H2,21,22,23). The van der Waals surface area contributed by atoms with Crippen molar-refractivity contribution in [1.82, 2.24) is 15.5 Å². The average Bonchev–Trinajstić information content (AvgIpc) is 3.42. The Labute approximate surface area is 167 Å². The Morgan fingerprint density at radius 3 is 2.74 bits per heavy atom. The van der Waals surface area contributed by atoms with Crippen LogP contribution >= 0.6 is 11.3 Å². The summed E-state index contributed by atoms with van der Waals surface area (Å²) < 4.78 is 11.3. The van der Waals surface area contributed by atoms with Gasteiger partial charge in [-0.1, -0.05) is 6.07 Å². The van der Waals surface area contributed by atoms with E-state index >= 15 is 0 Å². The van der Waals surface area contributed by atoms with Gasteiger partial charge in [0.2, 0.25) is 0 Å². The lowest BCUT2D eigenvalue weighted by atomic mass is 9.94. The van der Waals surface area contributed by atoms with Gasteiger partial charge in [-0.2, -0.15) is 0 Å². The molecule has 1 atom stereocenters. The molecule has 7 heteroatoms.